The Balaban J connectivity index is 1.57. The molecule has 2 rings (SSSR count). The maximum absolute atomic E-state index is 11.6. The van der Waals surface area contributed by atoms with E-state index in [0.29, 0.717) is 19.1 Å². The standard InChI is InChI=1S/C14H20N2O2/c17-14(16-11-12-5-4-9-15-12)8-10-18-13-6-2-1-3-7-13/h1-3,6-7,12,15H,4-5,8-11H2,(H,16,17). The number of hydrogen-bond donors (Lipinski definition) is 2. The van der Waals surface area contributed by atoms with Gasteiger partial charge in [-0.3, -0.25) is 4.79 Å². The summed E-state index contributed by atoms with van der Waals surface area (Å²) in [4.78, 5) is 11.6. The number of carbonyl (C=O) groups is 1. The molecule has 1 aliphatic heterocycles. The van der Waals surface area contributed by atoms with Crippen molar-refractivity contribution in [1.82, 2.24) is 10.6 Å². The van der Waals surface area contributed by atoms with Gasteiger partial charge in [0.2, 0.25) is 5.91 Å². The molecule has 0 saturated carbocycles. The molecule has 0 spiro atoms. The van der Waals surface area contributed by atoms with Crippen LogP contribution in [0.2, 0.25) is 0 Å². The molecule has 1 aromatic rings. The molecule has 0 radical (unpaired) electrons. The summed E-state index contributed by atoms with van der Waals surface area (Å²) < 4.78 is 5.47. The van der Waals surface area contributed by atoms with E-state index in [9.17, 15) is 4.79 Å². The summed E-state index contributed by atoms with van der Waals surface area (Å²) in [7, 11) is 0. The van der Waals surface area contributed by atoms with E-state index in [4.69, 9.17) is 4.74 Å². The first kappa shape index (κ1) is 12.9. The summed E-state index contributed by atoms with van der Waals surface area (Å²) in [6.45, 7) is 2.22. The highest BCUT2D eigenvalue weighted by molar-refractivity contribution is 5.76. The Morgan fingerprint density at radius 3 is 2.94 bits per heavy atom. The Morgan fingerprint density at radius 2 is 2.22 bits per heavy atom. The number of hydrogen-bond acceptors (Lipinski definition) is 3. The van der Waals surface area contributed by atoms with Gasteiger partial charge in [-0.2, -0.15) is 0 Å². The van der Waals surface area contributed by atoms with Crippen molar-refractivity contribution in [1.29, 1.82) is 0 Å². The summed E-state index contributed by atoms with van der Waals surface area (Å²) in [5.41, 5.74) is 0. The highest BCUT2D eigenvalue weighted by Gasteiger charge is 2.14. The van der Waals surface area contributed by atoms with Gasteiger partial charge in [0.15, 0.2) is 0 Å². The molecule has 18 heavy (non-hydrogen) atoms. The van der Waals surface area contributed by atoms with E-state index in [0.717, 1.165) is 25.3 Å². The molecule has 1 saturated heterocycles. The Morgan fingerprint density at radius 1 is 1.39 bits per heavy atom. The molecule has 1 heterocycles. The third kappa shape index (κ3) is 4.37. The lowest BCUT2D eigenvalue weighted by Gasteiger charge is -2.11. The van der Waals surface area contributed by atoms with Crippen molar-refractivity contribution in [2.45, 2.75) is 25.3 Å². The number of amides is 1. The quantitative estimate of drug-likeness (QED) is 0.798. The molecule has 4 heteroatoms. The summed E-state index contributed by atoms with van der Waals surface area (Å²) in [5.74, 6) is 0.863. The number of nitrogens with one attached hydrogen (secondary N) is 2. The van der Waals surface area contributed by atoms with Gasteiger partial charge in [0.1, 0.15) is 5.75 Å². The number of ether oxygens (including phenoxy) is 1. The third-order valence-corrected chi connectivity index (χ3v) is 3.05. The van der Waals surface area contributed by atoms with Gasteiger partial charge in [0.25, 0.3) is 0 Å². The largest absolute Gasteiger partial charge is 0.493 e. The van der Waals surface area contributed by atoms with E-state index in [2.05, 4.69) is 10.6 Å². The van der Waals surface area contributed by atoms with Crippen LogP contribution >= 0.6 is 0 Å². The van der Waals surface area contributed by atoms with Gasteiger partial charge in [0.05, 0.1) is 13.0 Å². The second kappa shape index (κ2) is 7.01. The van der Waals surface area contributed by atoms with Crippen LogP contribution in [0.15, 0.2) is 30.3 Å². The molecule has 2 N–H and O–H groups in total. The Bertz CT molecular complexity index is 361. The Labute approximate surface area is 108 Å². The van der Waals surface area contributed by atoms with Crippen molar-refractivity contribution in [3.05, 3.63) is 30.3 Å². The van der Waals surface area contributed by atoms with Gasteiger partial charge >= 0.3 is 0 Å². The fourth-order valence-corrected chi connectivity index (χ4v) is 2.03. The fraction of sp³-hybridized carbons (Fsp3) is 0.500. The zero-order valence-corrected chi connectivity index (χ0v) is 10.5. The average Bonchev–Trinajstić information content (AvgIpc) is 2.91. The molecule has 0 bridgehead atoms. The van der Waals surface area contributed by atoms with Crippen LogP contribution in [-0.2, 0) is 4.79 Å². The monoisotopic (exact) mass is 248 g/mol. The van der Waals surface area contributed by atoms with Crippen molar-refractivity contribution in [3.8, 4) is 5.75 Å². The van der Waals surface area contributed by atoms with E-state index in [1.165, 1.54) is 6.42 Å². The summed E-state index contributed by atoms with van der Waals surface area (Å²) in [5, 5.41) is 6.28. The number of carbonyl (C=O) groups excluding carboxylic acids is 1. The van der Waals surface area contributed by atoms with Gasteiger partial charge in [-0.05, 0) is 31.5 Å². The Hall–Kier alpha value is -1.55. The minimum atomic E-state index is 0.0552. The first-order valence-electron chi connectivity index (χ1n) is 6.52. The van der Waals surface area contributed by atoms with Crippen molar-refractivity contribution >= 4 is 5.91 Å². The van der Waals surface area contributed by atoms with Gasteiger partial charge < -0.3 is 15.4 Å². The summed E-state index contributed by atoms with van der Waals surface area (Å²) in [6, 6.07) is 10.0. The summed E-state index contributed by atoms with van der Waals surface area (Å²) in [6.07, 6.45) is 2.76. The van der Waals surface area contributed by atoms with Crippen LogP contribution in [0.4, 0.5) is 0 Å². The van der Waals surface area contributed by atoms with E-state index in [1.807, 2.05) is 30.3 Å². The van der Waals surface area contributed by atoms with Crippen LogP contribution in [-0.4, -0.2) is 31.6 Å². The fourth-order valence-electron chi connectivity index (χ4n) is 2.03. The highest BCUT2D eigenvalue weighted by Crippen LogP contribution is 2.08. The van der Waals surface area contributed by atoms with Gasteiger partial charge in [0, 0.05) is 12.6 Å². The van der Waals surface area contributed by atoms with Crippen LogP contribution in [0, 0.1) is 0 Å². The normalized spacial score (nSPS) is 18.6. The summed E-state index contributed by atoms with van der Waals surface area (Å²) >= 11 is 0. The molecule has 1 fully saturated rings. The number of para-hydroxylation sites is 1. The molecule has 0 aliphatic carbocycles. The minimum Gasteiger partial charge on any atom is -0.493 e. The predicted octanol–water partition coefficient (Wildman–Crippen LogP) is 1.32. The molecular weight excluding hydrogens is 228 g/mol. The maximum atomic E-state index is 11.6. The van der Waals surface area contributed by atoms with E-state index >= 15 is 0 Å². The number of benzene rings is 1. The van der Waals surface area contributed by atoms with Crippen LogP contribution < -0.4 is 15.4 Å². The molecule has 1 aromatic carbocycles. The average molecular weight is 248 g/mol. The SMILES string of the molecule is O=C(CCOc1ccccc1)NCC1CCCN1. The molecule has 0 aromatic heterocycles. The van der Waals surface area contributed by atoms with Crippen LogP contribution in [0.25, 0.3) is 0 Å². The molecule has 1 amide bonds. The van der Waals surface area contributed by atoms with Crippen LogP contribution in [0.3, 0.4) is 0 Å². The first-order chi connectivity index (χ1) is 8.84. The molecule has 1 aliphatic rings. The molecule has 1 atom stereocenters. The van der Waals surface area contributed by atoms with Crippen LogP contribution in [0.5, 0.6) is 5.75 Å². The smallest absolute Gasteiger partial charge is 0.223 e. The predicted molar refractivity (Wildman–Crippen MR) is 70.6 cm³/mol. The lowest BCUT2D eigenvalue weighted by Crippen LogP contribution is -2.37. The zero-order valence-electron chi connectivity index (χ0n) is 10.5. The van der Waals surface area contributed by atoms with E-state index in [1.54, 1.807) is 0 Å². The molecule has 4 nitrogen and oxygen atoms in total. The lowest BCUT2D eigenvalue weighted by atomic mass is 10.2. The van der Waals surface area contributed by atoms with Crippen molar-refractivity contribution in [3.63, 3.8) is 0 Å². The van der Waals surface area contributed by atoms with Crippen molar-refractivity contribution in [2.24, 2.45) is 0 Å². The first-order valence-corrected chi connectivity index (χ1v) is 6.52. The minimum absolute atomic E-state index is 0.0552. The topological polar surface area (TPSA) is 50.4 Å². The number of rotatable bonds is 6. The van der Waals surface area contributed by atoms with E-state index in [-0.39, 0.29) is 5.91 Å². The van der Waals surface area contributed by atoms with Crippen molar-refractivity contribution in [2.75, 3.05) is 19.7 Å². The third-order valence-electron chi connectivity index (χ3n) is 3.05. The second-order valence-electron chi connectivity index (χ2n) is 4.51. The Kier molecular flexibility index (Phi) is 5.02. The molecular formula is C14H20N2O2. The van der Waals surface area contributed by atoms with Gasteiger partial charge in [-0.1, -0.05) is 18.2 Å². The van der Waals surface area contributed by atoms with Crippen molar-refractivity contribution < 1.29 is 9.53 Å². The highest BCUT2D eigenvalue weighted by atomic mass is 16.5. The van der Waals surface area contributed by atoms with E-state index < -0.39 is 0 Å². The molecule has 98 valence electrons. The van der Waals surface area contributed by atoms with Crippen LogP contribution in [0.1, 0.15) is 19.3 Å². The van der Waals surface area contributed by atoms with Gasteiger partial charge in [-0.25, -0.2) is 0 Å². The maximum Gasteiger partial charge on any atom is 0.223 e. The van der Waals surface area contributed by atoms with Gasteiger partial charge in [-0.15, -0.1) is 0 Å². The molecule has 1 unspecified atom stereocenters. The lowest BCUT2D eigenvalue weighted by molar-refractivity contribution is -0.121. The second-order valence-corrected chi connectivity index (χ2v) is 4.51. The zero-order chi connectivity index (χ0) is 12.6.